The minimum Gasteiger partial charge on any atom is -0.490 e. The predicted octanol–water partition coefficient (Wildman–Crippen LogP) is 3.61. The summed E-state index contributed by atoms with van der Waals surface area (Å²) in [6.07, 6.45) is 7.21. The molecule has 4 aliphatic heterocycles. The number of hydrogen-bond donors (Lipinski definition) is 2. The van der Waals surface area contributed by atoms with Gasteiger partial charge in [-0.2, -0.15) is 0 Å². The highest BCUT2D eigenvalue weighted by Crippen LogP contribution is 2.50. The number of carbonyl (C=O) groups is 1. The molecule has 0 spiro atoms. The average molecular weight is 429 g/mol. The lowest BCUT2D eigenvalue weighted by Gasteiger charge is -2.62. The van der Waals surface area contributed by atoms with E-state index >= 15 is 0 Å². The van der Waals surface area contributed by atoms with Crippen molar-refractivity contribution in [3.05, 3.63) is 30.0 Å². The van der Waals surface area contributed by atoms with Crippen LogP contribution in [-0.2, 0) is 14.7 Å². The molecule has 2 aromatic rings. The summed E-state index contributed by atoms with van der Waals surface area (Å²) in [6, 6.07) is 6.54. The number of benzene rings is 1. The Morgan fingerprint density at radius 2 is 2.03 bits per heavy atom. The van der Waals surface area contributed by atoms with E-state index in [-0.39, 0.29) is 29.3 Å². The molecule has 5 aliphatic rings. The second-order valence-electron chi connectivity index (χ2n) is 10.8. The zero-order chi connectivity index (χ0) is 20.7. The largest absolute Gasteiger partial charge is 0.490 e. The molecule has 1 aliphatic carbocycles. The highest BCUT2D eigenvalue weighted by molar-refractivity contribution is 8.03. The molecule has 5 fully saturated rings. The van der Waals surface area contributed by atoms with E-state index in [4.69, 9.17) is 4.74 Å². The first-order valence-corrected chi connectivity index (χ1v) is 13.7. The van der Waals surface area contributed by atoms with Crippen LogP contribution in [-0.4, -0.2) is 55.4 Å². The molecule has 1 amide bonds. The molecule has 1 aromatic carbocycles. The highest BCUT2D eigenvalue weighted by Gasteiger charge is 2.56. The van der Waals surface area contributed by atoms with Crippen molar-refractivity contribution in [1.82, 2.24) is 9.88 Å². The fraction of sp³-hybridized carbons (Fsp3) is 0.625. The first-order chi connectivity index (χ1) is 14.3. The highest BCUT2D eigenvalue weighted by atomic mass is 32.2. The third kappa shape index (κ3) is 3.02. The maximum Gasteiger partial charge on any atom is 0.223 e. The van der Waals surface area contributed by atoms with Crippen LogP contribution in [0.15, 0.2) is 24.4 Å². The molecule has 4 saturated heterocycles. The summed E-state index contributed by atoms with van der Waals surface area (Å²) in [6.45, 7) is 4.44. The van der Waals surface area contributed by atoms with Gasteiger partial charge in [0, 0.05) is 52.9 Å². The third-order valence-corrected chi connectivity index (χ3v) is 11.3. The lowest BCUT2D eigenvalue weighted by molar-refractivity contribution is -0.140. The number of fused-ring (bicyclic) bond motifs is 1. The maximum absolute atomic E-state index is 13.5. The smallest absolute Gasteiger partial charge is 0.223 e. The molecule has 1 N–H and O–H groups in total. The van der Waals surface area contributed by atoms with Gasteiger partial charge in [-0.3, -0.25) is 9.00 Å². The predicted molar refractivity (Wildman–Crippen MR) is 121 cm³/mol. The van der Waals surface area contributed by atoms with Crippen molar-refractivity contribution in [3.8, 4) is 5.75 Å². The van der Waals surface area contributed by atoms with Gasteiger partial charge in [-0.15, -0.1) is 0 Å². The second kappa shape index (κ2) is 6.35. The Morgan fingerprint density at radius 1 is 1.30 bits per heavy atom. The standard InChI is InChI=1S/C24H32N2O3S/c1-15(19-11-25-20-4-3-5-21(23(19)20)29-18-6-7-18)8-22(27)26-16-9-24(2)10-17(26)13-30(28,12-16)14-24/h3-5,11,15-18,25,30H,6-10,12-14H2,1-2H3. The Kier molecular flexibility index (Phi) is 4.00. The summed E-state index contributed by atoms with van der Waals surface area (Å²) in [5.41, 5.74) is 2.43. The SMILES string of the molecule is CC(CC(=O)N1C2CC3(C)CC1C[SH](=O)(C2)C3)c1c[nH]c2cccc(OC3CC3)c12. The number of nitrogens with zero attached hydrogens (tertiary/aromatic N) is 1. The number of amides is 1. The van der Waals surface area contributed by atoms with Crippen LogP contribution >= 0.6 is 0 Å². The maximum atomic E-state index is 13.5. The molecule has 0 radical (unpaired) electrons. The van der Waals surface area contributed by atoms with Crippen molar-refractivity contribution < 1.29 is 13.7 Å². The number of hydrogen-bond acceptors (Lipinski definition) is 3. The number of thiol groups is 1. The van der Waals surface area contributed by atoms with Gasteiger partial charge in [-0.05, 0) is 54.7 Å². The lowest BCUT2D eigenvalue weighted by atomic mass is 9.74. The van der Waals surface area contributed by atoms with Crippen LogP contribution in [0.5, 0.6) is 5.75 Å². The quantitative estimate of drug-likeness (QED) is 0.715. The number of H-pyrrole nitrogens is 1. The van der Waals surface area contributed by atoms with Crippen LogP contribution in [0.4, 0.5) is 0 Å². The Labute approximate surface area is 179 Å². The van der Waals surface area contributed by atoms with Crippen LogP contribution in [0.2, 0.25) is 0 Å². The van der Waals surface area contributed by atoms with Gasteiger partial charge in [0.05, 0.1) is 6.10 Å². The monoisotopic (exact) mass is 428 g/mol. The van der Waals surface area contributed by atoms with Crippen LogP contribution in [0.3, 0.4) is 0 Å². The van der Waals surface area contributed by atoms with E-state index < -0.39 is 9.93 Å². The van der Waals surface area contributed by atoms with E-state index in [0.717, 1.165) is 59.6 Å². The third-order valence-electron chi connectivity index (χ3n) is 7.82. The molecule has 3 unspecified atom stereocenters. The summed E-state index contributed by atoms with van der Waals surface area (Å²) in [5.74, 6) is 3.70. The van der Waals surface area contributed by atoms with Crippen molar-refractivity contribution in [2.24, 2.45) is 5.41 Å². The van der Waals surface area contributed by atoms with Crippen molar-refractivity contribution in [1.29, 1.82) is 0 Å². The topological polar surface area (TPSA) is 62.4 Å². The van der Waals surface area contributed by atoms with Crippen LogP contribution < -0.4 is 4.74 Å². The van der Waals surface area contributed by atoms with Crippen LogP contribution in [0, 0.1) is 5.41 Å². The van der Waals surface area contributed by atoms with Crippen molar-refractivity contribution >= 4 is 26.7 Å². The van der Waals surface area contributed by atoms with Gasteiger partial charge in [-0.1, -0.05) is 29.8 Å². The second-order valence-corrected chi connectivity index (χ2v) is 13.9. The van der Waals surface area contributed by atoms with Gasteiger partial charge in [0.1, 0.15) is 5.75 Å². The van der Waals surface area contributed by atoms with E-state index in [1.54, 1.807) is 0 Å². The molecule has 1 saturated carbocycles. The molecule has 30 heavy (non-hydrogen) atoms. The summed E-state index contributed by atoms with van der Waals surface area (Å²) in [5, 5.41) is 1.13. The number of aromatic nitrogens is 1. The van der Waals surface area contributed by atoms with Crippen molar-refractivity contribution in [3.63, 3.8) is 0 Å². The van der Waals surface area contributed by atoms with Crippen LogP contribution in [0.25, 0.3) is 10.9 Å². The Balaban J connectivity index is 1.24. The summed E-state index contributed by atoms with van der Waals surface area (Å²) >= 11 is 0. The number of aromatic amines is 1. The van der Waals surface area contributed by atoms with E-state index in [0.29, 0.717) is 12.5 Å². The van der Waals surface area contributed by atoms with E-state index in [1.165, 1.54) is 5.56 Å². The molecule has 3 atom stereocenters. The van der Waals surface area contributed by atoms with Gasteiger partial charge in [0.2, 0.25) is 5.91 Å². The van der Waals surface area contributed by atoms with E-state index in [9.17, 15) is 9.00 Å². The molecule has 7 rings (SSSR count). The van der Waals surface area contributed by atoms with Gasteiger partial charge in [-0.25, -0.2) is 0 Å². The minimum absolute atomic E-state index is 0.110. The molecule has 6 heteroatoms. The number of carbonyl (C=O) groups excluding carboxylic acids is 1. The molecular formula is C24H32N2O3S. The summed E-state index contributed by atoms with van der Waals surface area (Å²) in [7, 11) is -2.06. The Hall–Kier alpha value is -1.82. The normalized spacial score (nSPS) is 33.6. The molecule has 162 valence electrons. The van der Waals surface area contributed by atoms with Gasteiger partial charge in [0.15, 0.2) is 0 Å². The number of ether oxygens (including phenoxy) is 1. The molecule has 4 bridgehead atoms. The zero-order valence-corrected chi connectivity index (χ0v) is 18.8. The average Bonchev–Trinajstić information content (AvgIpc) is 3.34. The first-order valence-electron chi connectivity index (χ1n) is 11.5. The molecule has 1 aromatic heterocycles. The fourth-order valence-electron chi connectivity index (χ4n) is 6.73. The summed E-state index contributed by atoms with van der Waals surface area (Å²) < 4.78 is 19.4. The van der Waals surface area contributed by atoms with Crippen molar-refractivity contribution in [2.75, 3.05) is 17.3 Å². The lowest BCUT2D eigenvalue weighted by Crippen LogP contribution is -2.70. The van der Waals surface area contributed by atoms with Gasteiger partial charge in [0.25, 0.3) is 0 Å². The Bertz CT molecular complexity index is 1050. The molecule has 5 nitrogen and oxygen atoms in total. The number of piperidine rings is 1. The Morgan fingerprint density at radius 3 is 2.70 bits per heavy atom. The summed E-state index contributed by atoms with van der Waals surface area (Å²) in [4.78, 5) is 19.0. The number of nitrogens with one attached hydrogen (secondary N) is 1. The van der Waals surface area contributed by atoms with E-state index in [2.05, 4.69) is 29.8 Å². The van der Waals surface area contributed by atoms with Gasteiger partial charge < -0.3 is 14.6 Å². The molecule has 5 heterocycles. The first kappa shape index (κ1) is 18.9. The zero-order valence-electron chi connectivity index (χ0n) is 17.9. The van der Waals surface area contributed by atoms with E-state index in [1.807, 2.05) is 18.3 Å². The molecular weight excluding hydrogens is 396 g/mol. The van der Waals surface area contributed by atoms with Gasteiger partial charge >= 0.3 is 0 Å². The van der Waals surface area contributed by atoms with Crippen LogP contribution in [0.1, 0.15) is 57.4 Å². The number of rotatable bonds is 5. The fourth-order valence-corrected chi connectivity index (χ4v) is 10.9. The van der Waals surface area contributed by atoms with Crippen molar-refractivity contribution in [2.45, 2.75) is 70.1 Å². The minimum atomic E-state index is -2.06.